The second-order valence-electron chi connectivity index (χ2n) is 4.70. The highest BCUT2D eigenvalue weighted by Crippen LogP contribution is 2.34. The summed E-state index contributed by atoms with van der Waals surface area (Å²) < 4.78 is 0. The van der Waals surface area contributed by atoms with Crippen LogP contribution in [0.3, 0.4) is 0 Å². The fourth-order valence-corrected chi connectivity index (χ4v) is 3.16. The van der Waals surface area contributed by atoms with Crippen molar-refractivity contribution in [1.29, 1.82) is 0 Å². The van der Waals surface area contributed by atoms with Gasteiger partial charge in [-0.25, -0.2) is 0 Å². The van der Waals surface area contributed by atoms with E-state index in [4.69, 9.17) is 5.11 Å². The van der Waals surface area contributed by atoms with Crippen LogP contribution in [-0.4, -0.2) is 53.6 Å². The summed E-state index contributed by atoms with van der Waals surface area (Å²) in [5.74, 6) is 0.394. The molecule has 4 nitrogen and oxygen atoms in total. The smallest absolute Gasteiger partial charge is 0.0980 e. The van der Waals surface area contributed by atoms with Crippen LogP contribution in [0.15, 0.2) is 0 Å². The molecule has 0 aliphatic carbocycles. The molecule has 2 aliphatic rings. The molecule has 4 heteroatoms. The Morgan fingerprint density at radius 1 is 1.27 bits per heavy atom. The van der Waals surface area contributed by atoms with Gasteiger partial charge in [-0.1, -0.05) is 0 Å². The van der Waals surface area contributed by atoms with E-state index in [-0.39, 0.29) is 18.9 Å². The Morgan fingerprint density at radius 2 is 2.00 bits per heavy atom. The molecule has 0 aromatic carbocycles. The van der Waals surface area contributed by atoms with E-state index in [9.17, 15) is 5.11 Å². The van der Waals surface area contributed by atoms with Crippen LogP contribution in [-0.2, 0) is 0 Å². The zero-order chi connectivity index (χ0) is 10.7. The molecule has 2 fully saturated rings. The molecule has 2 saturated heterocycles. The first-order chi connectivity index (χ1) is 7.33. The van der Waals surface area contributed by atoms with Crippen molar-refractivity contribution in [3.63, 3.8) is 0 Å². The maximum Gasteiger partial charge on any atom is 0.0980 e. The normalized spacial score (nSPS) is 37.6. The Labute approximate surface area is 91.3 Å². The van der Waals surface area contributed by atoms with Crippen molar-refractivity contribution in [2.75, 3.05) is 32.8 Å². The molecule has 0 bridgehead atoms. The summed E-state index contributed by atoms with van der Waals surface area (Å²) >= 11 is 0. The SMILES string of the molecule is OCCC1CCNC1(CO)N1CCCC1. The third-order valence-electron chi connectivity index (χ3n) is 3.99. The number of nitrogens with one attached hydrogen (secondary N) is 1. The maximum absolute atomic E-state index is 9.69. The number of hydrogen-bond donors (Lipinski definition) is 3. The Bertz CT molecular complexity index is 207. The zero-order valence-electron chi connectivity index (χ0n) is 9.28. The van der Waals surface area contributed by atoms with Gasteiger partial charge in [0.25, 0.3) is 0 Å². The molecular formula is C11H22N2O2. The Morgan fingerprint density at radius 3 is 2.60 bits per heavy atom. The fourth-order valence-electron chi connectivity index (χ4n) is 3.16. The Balaban J connectivity index is 2.10. The van der Waals surface area contributed by atoms with Crippen LogP contribution in [0.25, 0.3) is 0 Å². The van der Waals surface area contributed by atoms with Gasteiger partial charge < -0.3 is 10.2 Å². The summed E-state index contributed by atoms with van der Waals surface area (Å²) in [5, 5.41) is 22.2. The molecule has 15 heavy (non-hydrogen) atoms. The number of aliphatic hydroxyl groups is 2. The Hall–Kier alpha value is -0.160. The molecule has 0 aromatic rings. The first-order valence-electron chi connectivity index (χ1n) is 6.05. The van der Waals surface area contributed by atoms with Crippen molar-refractivity contribution in [3.05, 3.63) is 0 Å². The summed E-state index contributed by atoms with van der Waals surface area (Å²) in [5.41, 5.74) is -0.237. The van der Waals surface area contributed by atoms with Gasteiger partial charge in [-0.2, -0.15) is 0 Å². The quantitative estimate of drug-likeness (QED) is 0.605. The van der Waals surface area contributed by atoms with Gasteiger partial charge in [0.2, 0.25) is 0 Å². The highest BCUT2D eigenvalue weighted by molar-refractivity contribution is 5.00. The van der Waals surface area contributed by atoms with Crippen molar-refractivity contribution in [2.24, 2.45) is 5.92 Å². The predicted octanol–water partition coefficient (Wildman–Crippen LogP) is -0.237. The summed E-state index contributed by atoms with van der Waals surface area (Å²) in [7, 11) is 0. The summed E-state index contributed by atoms with van der Waals surface area (Å²) in [6.07, 6.45) is 4.33. The minimum absolute atomic E-state index is 0.164. The number of hydrogen-bond acceptors (Lipinski definition) is 4. The number of likely N-dealkylation sites (tertiary alicyclic amines) is 1. The highest BCUT2D eigenvalue weighted by atomic mass is 16.3. The van der Waals surface area contributed by atoms with Crippen LogP contribution in [0.2, 0.25) is 0 Å². The lowest BCUT2D eigenvalue weighted by molar-refractivity contribution is -0.00857. The summed E-state index contributed by atoms with van der Waals surface area (Å²) in [4.78, 5) is 2.38. The van der Waals surface area contributed by atoms with Gasteiger partial charge in [0, 0.05) is 19.7 Å². The van der Waals surface area contributed by atoms with Crippen molar-refractivity contribution in [3.8, 4) is 0 Å². The topological polar surface area (TPSA) is 55.7 Å². The summed E-state index contributed by atoms with van der Waals surface area (Å²) in [6, 6.07) is 0. The molecule has 2 heterocycles. The second kappa shape index (κ2) is 4.78. The van der Waals surface area contributed by atoms with Crippen molar-refractivity contribution >= 4 is 0 Å². The minimum Gasteiger partial charge on any atom is -0.396 e. The van der Waals surface area contributed by atoms with Crippen molar-refractivity contribution in [1.82, 2.24) is 10.2 Å². The van der Waals surface area contributed by atoms with Crippen LogP contribution < -0.4 is 5.32 Å². The average Bonchev–Trinajstić information content (AvgIpc) is 2.86. The van der Waals surface area contributed by atoms with Crippen LogP contribution >= 0.6 is 0 Å². The van der Waals surface area contributed by atoms with Gasteiger partial charge in [-0.05, 0) is 38.1 Å². The van der Waals surface area contributed by atoms with Crippen LogP contribution in [0.1, 0.15) is 25.7 Å². The van der Waals surface area contributed by atoms with E-state index in [0.717, 1.165) is 32.5 Å². The maximum atomic E-state index is 9.69. The van der Waals surface area contributed by atoms with Gasteiger partial charge in [0.15, 0.2) is 0 Å². The molecular weight excluding hydrogens is 192 g/mol. The fraction of sp³-hybridized carbons (Fsp3) is 1.00. The third-order valence-corrected chi connectivity index (χ3v) is 3.99. The highest BCUT2D eigenvalue weighted by Gasteiger charge is 2.46. The van der Waals surface area contributed by atoms with Gasteiger partial charge >= 0.3 is 0 Å². The number of aliphatic hydroxyl groups excluding tert-OH is 2. The molecule has 2 aliphatic heterocycles. The molecule has 0 radical (unpaired) electrons. The first-order valence-corrected chi connectivity index (χ1v) is 6.05. The van der Waals surface area contributed by atoms with E-state index in [1.165, 1.54) is 12.8 Å². The zero-order valence-corrected chi connectivity index (χ0v) is 9.28. The van der Waals surface area contributed by atoms with E-state index in [1.807, 2.05) is 0 Å². The third kappa shape index (κ3) is 1.91. The molecule has 0 aromatic heterocycles. The van der Waals surface area contributed by atoms with Gasteiger partial charge in [-0.15, -0.1) is 0 Å². The molecule has 0 spiro atoms. The lowest BCUT2D eigenvalue weighted by atomic mass is 9.90. The van der Waals surface area contributed by atoms with E-state index in [1.54, 1.807) is 0 Å². The van der Waals surface area contributed by atoms with Crippen LogP contribution in [0.5, 0.6) is 0 Å². The molecule has 0 saturated carbocycles. The van der Waals surface area contributed by atoms with Crippen molar-refractivity contribution < 1.29 is 10.2 Å². The van der Waals surface area contributed by atoms with Crippen molar-refractivity contribution in [2.45, 2.75) is 31.3 Å². The van der Waals surface area contributed by atoms with Gasteiger partial charge in [-0.3, -0.25) is 10.2 Å². The van der Waals surface area contributed by atoms with Gasteiger partial charge in [0.05, 0.1) is 12.3 Å². The molecule has 2 atom stereocenters. The van der Waals surface area contributed by atoms with Gasteiger partial charge in [0.1, 0.15) is 0 Å². The molecule has 2 rings (SSSR count). The minimum atomic E-state index is -0.237. The van der Waals surface area contributed by atoms with Crippen LogP contribution in [0, 0.1) is 5.92 Å². The average molecular weight is 214 g/mol. The standard InChI is InChI=1S/C11H22N2O2/c14-8-4-10-3-5-12-11(10,9-15)13-6-1-2-7-13/h10,12,14-15H,1-9H2. The van der Waals surface area contributed by atoms with E-state index < -0.39 is 0 Å². The monoisotopic (exact) mass is 214 g/mol. The molecule has 0 amide bonds. The largest absolute Gasteiger partial charge is 0.396 e. The van der Waals surface area contributed by atoms with Crippen LogP contribution in [0.4, 0.5) is 0 Å². The first kappa shape index (κ1) is 11.3. The number of nitrogens with zero attached hydrogens (tertiary/aromatic N) is 1. The molecule has 3 N–H and O–H groups in total. The molecule has 88 valence electrons. The lowest BCUT2D eigenvalue weighted by Gasteiger charge is -2.42. The van der Waals surface area contributed by atoms with E-state index >= 15 is 0 Å². The second-order valence-corrected chi connectivity index (χ2v) is 4.70. The molecule has 2 unspecified atom stereocenters. The summed E-state index contributed by atoms with van der Waals surface area (Å²) in [6.45, 7) is 3.51. The van der Waals surface area contributed by atoms with E-state index in [2.05, 4.69) is 10.2 Å². The Kier molecular flexibility index (Phi) is 3.61. The number of rotatable bonds is 4. The van der Waals surface area contributed by atoms with E-state index in [0.29, 0.717) is 5.92 Å². The lowest BCUT2D eigenvalue weighted by Crippen LogP contribution is -2.61. The predicted molar refractivity (Wildman–Crippen MR) is 58.4 cm³/mol.